The summed E-state index contributed by atoms with van der Waals surface area (Å²) in [6.45, 7) is 8.02. The van der Waals surface area contributed by atoms with Crippen LogP contribution in [0.3, 0.4) is 0 Å². The maximum absolute atomic E-state index is 13.5. The summed E-state index contributed by atoms with van der Waals surface area (Å²) >= 11 is 0. The minimum absolute atomic E-state index is 0.0984. The van der Waals surface area contributed by atoms with Crippen LogP contribution in [0.4, 0.5) is 14.9 Å². The van der Waals surface area contributed by atoms with Crippen LogP contribution in [0.1, 0.15) is 33.3 Å². The van der Waals surface area contributed by atoms with Crippen molar-refractivity contribution < 1.29 is 13.9 Å². The van der Waals surface area contributed by atoms with E-state index in [1.807, 2.05) is 20.8 Å². The van der Waals surface area contributed by atoms with E-state index in [1.165, 1.54) is 6.07 Å². The second-order valence-corrected chi connectivity index (χ2v) is 4.79. The molecule has 0 saturated heterocycles. The Bertz CT molecular complexity index is 410. The Balaban J connectivity index is 2.95. The second kappa shape index (κ2) is 5.17. The fourth-order valence-electron chi connectivity index (χ4n) is 1.36. The number of benzene rings is 1. The average molecular weight is 239 g/mol. The number of anilines is 1. The van der Waals surface area contributed by atoms with Crippen molar-refractivity contribution in [3.63, 3.8) is 0 Å². The molecule has 0 bridgehead atoms. The maximum Gasteiger partial charge on any atom is 0.411 e. The Labute approximate surface area is 101 Å². The fourth-order valence-corrected chi connectivity index (χ4v) is 1.36. The van der Waals surface area contributed by atoms with E-state index in [-0.39, 0.29) is 17.7 Å². The van der Waals surface area contributed by atoms with E-state index in [4.69, 9.17) is 4.74 Å². The summed E-state index contributed by atoms with van der Waals surface area (Å²) in [6, 6.07) is 4.69. The average Bonchev–Trinajstić information content (AvgIpc) is 2.20. The fraction of sp³-hybridized carbons (Fsp3) is 0.462. The molecule has 0 heterocycles. The second-order valence-electron chi connectivity index (χ2n) is 4.79. The van der Waals surface area contributed by atoms with E-state index in [1.54, 1.807) is 19.1 Å². The third-order valence-corrected chi connectivity index (χ3v) is 2.34. The number of halogens is 1. The Morgan fingerprint density at radius 2 is 2.06 bits per heavy atom. The molecule has 0 spiro atoms. The highest BCUT2D eigenvalue weighted by Crippen LogP contribution is 2.26. The zero-order valence-electron chi connectivity index (χ0n) is 10.6. The van der Waals surface area contributed by atoms with Crippen molar-refractivity contribution in [1.82, 2.24) is 0 Å². The Morgan fingerprint density at radius 1 is 1.41 bits per heavy atom. The van der Waals surface area contributed by atoms with Crippen molar-refractivity contribution in [2.75, 3.05) is 11.9 Å². The first-order valence-electron chi connectivity index (χ1n) is 5.58. The summed E-state index contributed by atoms with van der Waals surface area (Å²) in [5.41, 5.74) is 1.00. The van der Waals surface area contributed by atoms with Gasteiger partial charge in [0, 0.05) is 0 Å². The minimum Gasteiger partial charge on any atom is -0.450 e. The largest absolute Gasteiger partial charge is 0.450 e. The zero-order chi connectivity index (χ0) is 13.1. The Kier molecular flexibility index (Phi) is 4.10. The quantitative estimate of drug-likeness (QED) is 0.854. The van der Waals surface area contributed by atoms with E-state index in [0.29, 0.717) is 0 Å². The molecule has 17 heavy (non-hydrogen) atoms. The summed E-state index contributed by atoms with van der Waals surface area (Å²) in [4.78, 5) is 11.2. The molecule has 94 valence electrons. The van der Waals surface area contributed by atoms with Crippen LogP contribution in [0.15, 0.2) is 18.2 Å². The van der Waals surface area contributed by atoms with Gasteiger partial charge in [-0.3, -0.25) is 5.32 Å². The van der Waals surface area contributed by atoms with Crippen molar-refractivity contribution in [3.8, 4) is 0 Å². The smallest absolute Gasteiger partial charge is 0.411 e. The number of hydrogen-bond donors (Lipinski definition) is 1. The van der Waals surface area contributed by atoms with Gasteiger partial charge in [0.2, 0.25) is 0 Å². The molecule has 0 aliphatic rings. The molecule has 3 nitrogen and oxygen atoms in total. The summed E-state index contributed by atoms with van der Waals surface area (Å²) in [5.74, 6) is -0.467. The molecule has 1 aromatic rings. The highest BCUT2D eigenvalue weighted by atomic mass is 19.1. The third kappa shape index (κ3) is 3.73. The van der Waals surface area contributed by atoms with Crippen LogP contribution in [0.5, 0.6) is 0 Å². The van der Waals surface area contributed by atoms with Crippen molar-refractivity contribution in [2.24, 2.45) is 0 Å². The van der Waals surface area contributed by atoms with Crippen LogP contribution in [0, 0.1) is 5.82 Å². The number of amides is 1. The number of hydrogen-bond acceptors (Lipinski definition) is 2. The van der Waals surface area contributed by atoms with E-state index < -0.39 is 11.9 Å². The van der Waals surface area contributed by atoms with Gasteiger partial charge in [0.25, 0.3) is 0 Å². The van der Waals surface area contributed by atoms with Gasteiger partial charge in [0.15, 0.2) is 0 Å². The molecule has 4 heteroatoms. The first kappa shape index (κ1) is 13.5. The lowest BCUT2D eigenvalue weighted by atomic mass is 9.87. The summed E-state index contributed by atoms with van der Waals surface area (Å²) in [7, 11) is 0. The molecule has 0 atom stereocenters. The highest BCUT2D eigenvalue weighted by molar-refractivity contribution is 5.84. The lowest BCUT2D eigenvalue weighted by Crippen LogP contribution is -2.16. The topological polar surface area (TPSA) is 38.3 Å². The Hall–Kier alpha value is -1.58. The normalized spacial score (nSPS) is 11.1. The van der Waals surface area contributed by atoms with Gasteiger partial charge in [-0.15, -0.1) is 0 Å². The molecule has 1 amide bonds. The molecule has 1 N–H and O–H groups in total. The number of carbonyl (C=O) groups is 1. The van der Waals surface area contributed by atoms with E-state index in [0.717, 1.165) is 5.56 Å². The monoisotopic (exact) mass is 239 g/mol. The molecule has 0 saturated carbocycles. The molecule has 0 aromatic heterocycles. The van der Waals surface area contributed by atoms with Crippen LogP contribution in [0.2, 0.25) is 0 Å². The van der Waals surface area contributed by atoms with E-state index in [2.05, 4.69) is 5.32 Å². The summed E-state index contributed by atoms with van der Waals surface area (Å²) < 4.78 is 18.2. The van der Waals surface area contributed by atoms with Gasteiger partial charge >= 0.3 is 6.09 Å². The van der Waals surface area contributed by atoms with Crippen LogP contribution < -0.4 is 5.32 Å². The molecule has 0 radical (unpaired) electrons. The van der Waals surface area contributed by atoms with Gasteiger partial charge < -0.3 is 4.74 Å². The molecule has 0 aliphatic carbocycles. The van der Waals surface area contributed by atoms with Crippen molar-refractivity contribution >= 4 is 11.8 Å². The molecule has 0 aliphatic heterocycles. The summed E-state index contributed by atoms with van der Waals surface area (Å²) in [6.07, 6.45) is -0.641. The SMILES string of the molecule is CCOC(=O)Nc1cc(C(C)(C)C)ccc1F. The van der Waals surface area contributed by atoms with E-state index >= 15 is 0 Å². The standard InChI is InChI=1S/C13H18FNO2/c1-5-17-12(16)15-11-8-9(13(2,3)4)6-7-10(11)14/h6-8H,5H2,1-4H3,(H,15,16). The van der Waals surface area contributed by atoms with Gasteiger partial charge in [-0.25, -0.2) is 9.18 Å². The molecular formula is C13H18FNO2. The van der Waals surface area contributed by atoms with Crippen molar-refractivity contribution in [3.05, 3.63) is 29.6 Å². The molecule has 1 aromatic carbocycles. The first-order chi connectivity index (χ1) is 7.84. The predicted molar refractivity (Wildman–Crippen MR) is 65.7 cm³/mol. The van der Waals surface area contributed by atoms with Gasteiger partial charge in [-0.05, 0) is 30.0 Å². The predicted octanol–water partition coefficient (Wildman–Crippen LogP) is 3.69. The summed E-state index contributed by atoms with van der Waals surface area (Å²) in [5, 5.41) is 2.39. The van der Waals surface area contributed by atoms with Crippen molar-refractivity contribution in [2.45, 2.75) is 33.1 Å². The maximum atomic E-state index is 13.5. The number of ether oxygens (including phenoxy) is 1. The van der Waals surface area contributed by atoms with Crippen LogP contribution in [-0.4, -0.2) is 12.7 Å². The minimum atomic E-state index is -0.641. The molecule has 0 unspecified atom stereocenters. The highest BCUT2D eigenvalue weighted by Gasteiger charge is 2.16. The number of rotatable bonds is 2. The molecule has 0 fully saturated rings. The van der Waals surface area contributed by atoms with Gasteiger partial charge in [-0.1, -0.05) is 26.8 Å². The number of nitrogens with one attached hydrogen (secondary N) is 1. The van der Waals surface area contributed by atoms with Crippen molar-refractivity contribution in [1.29, 1.82) is 0 Å². The molecule has 1 rings (SSSR count). The van der Waals surface area contributed by atoms with Gasteiger partial charge in [0.1, 0.15) is 5.82 Å². The number of carbonyl (C=O) groups excluding carboxylic acids is 1. The van der Waals surface area contributed by atoms with Crippen LogP contribution in [0.25, 0.3) is 0 Å². The Morgan fingerprint density at radius 3 is 2.59 bits per heavy atom. The van der Waals surface area contributed by atoms with Crippen LogP contribution >= 0.6 is 0 Å². The lowest BCUT2D eigenvalue weighted by molar-refractivity contribution is 0.168. The van der Waals surface area contributed by atoms with Crippen LogP contribution in [-0.2, 0) is 10.2 Å². The zero-order valence-corrected chi connectivity index (χ0v) is 10.6. The van der Waals surface area contributed by atoms with Gasteiger partial charge in [0.05, 0.1) is 12.3 Å². The third-order valence-electron chi connectivity index (χ3n) is 2.34. The van der Waals surface area contributed by atoms with E-state index in [9.17, 15) is 9.18 Å². The lowest BCUT2D eigenvalue weighted by Gasteiger charge is -2.20. The van der Waals surface area contributed by atoms with Gasteiger partial charge in [-0.2, -0.15) is 0 Å². The first-order valence-corrected chi connectivity index (χ1v) is 5.58. The molecular weight excluding hydrogens is 221 g/mol.